The van der Waals surface area contributed by atoms with Crippen molar-refractivity contribution < 1.29 is 26.4 Å². The summed E-state index contributed by atoms with van der Waals surface area (Å²) >= 11 is 6.26. The Morgan fingerprint density at radius 2 is 1.78 bits per heavy atom. The van der Waals surface area contributed by atoms with E-state index >= 15 is 0 Å². The minimum absolute atomic E-state index is 0.0222. The van der Waals surface area contributed by atoms with E-state index in [1.165, 1.54) is 17.5 Å². The van der Waals surface area contributed by atoms with E-state index in [1.807, 2.05) is 18.2 Å². The van der Waals surface area contributed by atoms with Crippen LogP contribution in [0.15, 0.2) is 71.6 Å². The fraction of sp³-hybridized carbons (Fsp3) is 0.367. The minimum Gasteiger partial charge on any atom is -0.497 e. The molecule has 8 nitrogen and oxygen atoms in total. The van der Waals surface area contributed by atoms with Crippen molar-refractivity contribution >= 4 is 43.1 Å². The smallest absolute Gasteiger partial charge is 0.264 e. The van der Waals surface area contributed by atoms with Crippen LogP contribution >= 0.6 is 11.6 Å². The average molecular weight is 615 g/mol. The Hall–Kier alpha value is -3.08. The van der Waals surface area contributed by atoms with E-state index in [-0.39, 0.29) is 34.8 Å². The van der Waals surface area contributed by atoms with Gasteiger partial charge in [0.1, 0.15) is 15.6 Å². The van der Waals surface area contributed by atoms with Crippen LogP contribution in [0, 0.1) is 5.92 Å². The molecule has 3 aromatic rings. The highest BCUT2D eigenvalue weighted by atomic mass is 35.5. The molecule has 41 heavy (non-hydrogen) atoms. The van der Waals surface area contributed by atoms with E-state index in [0.717, 1.165) is 24.0 Å². The topological polar surface area (TPSA) is 110 Å². The van der Waals surface area contributed by atoms with Crippen LogP contribution in [0.3, 0.4) is 0 Å². The van der Waals surface area contributed by atoms with Gasteiger partial charge < -0.3 is 10.1 Å². The Bertz CT molecular complexity index is 1720. The van der Waals surface area contributed by atoms with Gasteiger partial charge in [0.25, 0.3) is 15.9 Å². The van der Waals surface area contributed by atoms with E-state index in [1.54, 1.807) is 42.5 Å². The Kier molecular flexibility index (Phi) is 7.07. The number of methoxy groups -OCH3 is 1. The van der Waals surface area contributed by atoms with Gasteiger partial charge in [-0.1, -0.05) is 35.9 Å². The van der Waals surface area contributed by atoms with Crippen LogP contribution in [0.2, 0.25) is 5.02 Å². The molecule has 6 rings (SSSR count). The summed E-state index contributed by atoms with van der Waals surface area (Å²) in [5.74, 6) is 0.166. The Balaban J connectivity index is 1.44. The SMILES string of the molecule is COc1cccc(S(=O)(=O)N2c3ccc(C(=O)NCc4ccccc4Cl)cc3C3(CCS(=O)(=O)CC3)C2C2CC2)c1. The van der Waals surface area contributed by atoms with Gasteiger partial charge in [-0.3, -0.25) is 9.10 Å². The van der Waals surface area contributed by atoms with Crippen molar-refractivity contribution in [2.24, 2.45) is 5.92 Å². The van der Waals surface area contributed by atoms with Gasteiger partial charge in [-0.25, -0.2) is 16.8 Å². The van der Waals surface area contributed by atoms with Crippen LogP contribution in [0.25, 0.3) is 0 Å². The third kappa shape index (κ3) is 5.00. The summed E-state index contributed by atoms with van der Waals surface area (Å²) in [7, 11) is -5.79. The van der Waals surface area contributed by atoms with E-state index in [0.29, 0.717) is 34.9 Å². The molecular weight excluding hydrogens is 584 g/mol. The lowest BCUT2D eigenvalue weighted by Crippen LogP contribution is -2.52. The molecule has 3 aliphatic rings. The first-order valence-electron chi connectivity index (χ1n) is 13.6. The van der Waals surface area contributed by atoms with Crippen LogP contribution in [-0.2, 0) is 31.8 Å². The van der Waals surface area contributed by atoms with Gasteiger partial charge in [0.2, 0.25) is 0 Å². The standard InChI is InChI=1S/C30H31ClN2O6S2/c1-39-23-6-4-7-24(18-23)41(37,38)33-27-12-11-21(29(34)32-19-22-5-2-3-8-26(22)31)17-25(27)30(28(33)20-9-10-20)13-15-40(35,36)16-14-30/h2-8,11-12,17-18,20,28H,9-10,13-16,19H2,1H3,(H,32,34). The first kappa shape index (κ1) is 28.1. The Labute approximate surface area is 245 Å². The predicted molar refractivity (Wildman–Crippen MR) is 158 cm³/mol. The largest absolute Gasteiger partial charge is 0.497 e. The van der Waals surface area contributed by atoms with Gasteiger partial charge in [0, 0.05) is 28.6 Å². The maximum absolute atomic E-state index is 14.3. The van der Waals surface area contributed by atoms with Gasteiger partial charge >= 0.3 is 0 Å². The van der Waals surface area contributed by atoms with Crippen molar-refractivity contribution in [1.82, 2.24) is 5.32 Å². The fourth-order valence-corrected chi connectivity index (χ4v) is 9.99. The zero-order valence-corrected chi connectivity index (χ0v) is 24.9. The molecule has 11 heteroatoms. The van der Waals surface area contributed by atoms with Crippen molar-refractivity contribution in [3.63, 3.8) is 0 Å². The first-order chi connectivity index (χ1) is 19.6. The predicted octanol–water partition coefficient (Wildman–Crippen LogP) is 4.71. The number of sulfonamides is 1. The maximum Gasteiger partial charge on any atom is 0.264 e. The van der Waals surface area contributed by atoms with E-state index < -0.39 is 31.3 Å². The Morgan fingerprint density at radius 3 is 2.46 bits per heavy atom. The molecule has 2 aliphatic heterocycles. The zero-order chi connectivity index (χ0) is 29.0. The summed E-state index contributed by atoms with van der Waals surface area (Å²) in [6.07, 6.45) is 2.33. The van der Waals surface area contributed by atoms with Gasteiger partial charge in [-0.05, 0) is 79.1 Å². The molecule has 0 aromatic heterocycles. The van der Waals surface area contributed by atoms with Crippen molar-refractivity contribution in [1.29, 1.82) is 0 Å². The summed E-state index contributed by atoms with van der Waals surface area (Å²) in [4.78, 5) is 13.4. The molecule has 0 radical (unpaired) electrons. The highest BCUT2D eigenvalue weighted by molar-refractivity contribution is 7.93. The van der Waals surface area contributed by atoms with Gasteiger partial charge in [-0.15, -0.1) is 0 Å². The number of sulfone groups is 1. The summed E-state index contributed by atoms with van der Waals surface area (Å²) in [5.41, 5.74) is 1.68. The molecule has 1 saturated carbocycles. The third-order valence-corrected chi connectivity index (χ3v) is 12.4. The van der Waals surface area contributed by atoms with Crippen molar-refractivity contribution in [2.45, 2.75) is 48.6 Å². The maximum atomic E-state index is 14.3. The summed E-state index contributed by atoms with van der Waals surface area (Å²) in [6.45, 7) is 0.236. The molecular formula is C30H31ClN2O6S2. The molecule has 2 fully saturated rings. The number of carbonyl (C=O) groups is 1. The van der Waals surface area contributed by atoms with E-state index in [2.05, 4.69) is 5.32 Å². The molecule has 1 aliphatic carbocycles. The van der Waals surface area contributed by atoms with Crippen LogP contribution in [-0.4, -0.2) is 47.4 Å². The monoisotopic (exact) mass is 614 g/mol. The molecule has 0 bridgehead atoms. The fourth-order valence-electron chi connectivity index (χ4n) is 6.40. The van der Waals surface area contributed by atoms with Crippen LogP contribution in [0.5, 0.6) is 5.75 Å². The normalized spacial score (nSPS) is 20.9. The lowest BCUT2D eigenvalue weighted by atomic mass is 9.70. The van der Waals surface area contributed by atoms with Crippen LogP contribution in [0.4, 0.5) is 5.69 Å². The molecule has 1 unspecified atom stereocenters. The van der Waals surface area contributed by atoms with Crippen molar-refractivity contribution in [3.8, 4) is 5.75 Å². The highest BCUT2D eigenvalue weighted by Crippen LogP contribution is 2.59. The van der Waals surface area contributed by atoms with Crippen molar-refractivity contribution in [3.05, 3.63) is 88.4 Å². The second-order valence-electron chi connectivity index (χ2n) is 11.1. The number of halogens is 1. The lowest BCUT2D eigenvalue weighted by molar-refractivity contribution is 0.0950. The number of rotatable bonds is 7. The highest BCUT2D eigenvalue weighted by Gasteiger charge is 2.60. The number of nitrogens with zero attached hydrogens (tertiary/aromatic N) is 1. The summed E-state index contributed by atoms with van der Waals surface area (Å²) in [5, 5.41) is 3.46. The molecule has 1 saturated heterocycles. The van der Waals surface area contributed by atoms with E-state index in [9.17, 15) is 21.6 Å². The average Bonchev–Trinajstić information content (AvgIpc) is 3.77. The number of nitrogens with one attached hydrogen (secondary N) is 1. The number of carbonyl (C=O) groups excluding carboxylic acids is 1. The number of benzene rings is 3. The zero-order valence-electron chi connectivity index (χ0n) is 22.5. The molecule has 1 N–H and O–H groups in total. The Morgan fingerprint density at radius 1 is 1.05 bits per heavy atom. The summed E-state index contributed by atoms with van der Waals surface area (Å²) in [6, 6.07) is 18.3. The number of anilines is 1. The number of amides is 1. The number of fused-ring (bicyclic) bond motifs is 2. The second kappa shape index (κ2) is 10.3. The first-order valence-corrected chi connectivity index (χ1v) is 17.2. The lowest BCUT2D eigenvalue weighted by Gasteiger charge is -2.41. The van der Waals surface area contributed by atoms with Crippen molar-refractivity contribution in [2.75, 3.05) is 22.9 Å². The minimum atomic E-state index is -4.04. The van der Waals surface area contributed by atoms with Crippen LogP contribution in [0.1, 0.15) is 47.2 Å². The van der Waals surface area contributed by atoms with Gasteiger partial charge in [0.15, 0.2) is 0 Å². The van der Waals surface area contributed by atoms with Gasteiger partial charge in [-0.2, -0.15) is 0 Å². The molecule has 216 valence electrons. The quantitative estimate of drug-likeness (QED) is 0.413. The molecule has 1 spiro atoms. The molecule has 1 atom stereocenters. The third-order valence-electron chi connectivity index (χ3n) is 8.63. The second-order valence-corrected chi connectivity index (χ2v) is 15.6. The van der Waals surface area contributed by atoms with E-state index in [4.69, 9.17) is 16.3 Å². The molecule has 2 heterocycles. The molecule has 1 amide bonds. The number of hydrogen-bond donors (Lipinski definition) is 1. The number of ether oxygens (including phenoxy) is 1. The van der Waals surface area contributed by atoms with Gasteiger partial charge in [0.05, 0.1) is 35.2 Å². The summed E-state index contributed by atoms with van der Waals surface area (Å²) < 4.78 is 60.6. The number of hydrogen-bond acceptors (Lipinski definition) is 6. The van der Waals surface area contributed by atoms with Crippen LogP contribution < -0.4 is 14.4 Å². The molecule has 3 aromatic carbocycles.